The van der Waals surface area contributed by atoms with E-state index >= 15 is 0 Å². The average Bonchev–Trinajstić information content (AvgIpc) is 3.35. The summed E-state index contributed by atoms with van der Waals surface area (Å²) in [5, 5.41) is 17.8. The molecule has 1 N–H and O–H groups in total. The predicted molar refractivity (Wildman–Crippen MR) is 117 cm³/mol. The fourth-order valence-electron chi connectivity index (χ4n) is 3.28. The molecule has 4 aromatic rings. The van der Waals surface area contributed by atoms with Gasteiger partial charge in [-0.05, 0) is 37.6 Å². The summed E-state index contributed by atoms with van der Waals surface area (Å²) in [4.78, 5) is 19.5. The van der Waals surface area contributed by atoms with Crippen molar-refractivity contribution in [1.82, 2.24) is 24.6 Å². The van der Waals surface area contributed by atoms with Gasteiger partial charge in [0, 0.05) is 25.0 Å². The van der Waals surface area contributed by atoms with Crippen molar-refractivity contribution in [3.05, 3.63) is 69.0 Å². The number of halogens is 2. The molecule has 0 radical (unpaired) electrons. The summed E-state index contributed by atoms with van der Waals surface area (Å²) in [7, 11) is 0. The van der Waals surface area contributed by atoms with Crippen LogP contribution in [-0.2, 0) is 6.61 Å². The fourth-order valence-corrected chi connectivity index (χ4v) is 3.28. The molecule has 0 fully saturated rings. The maximum Gasteiger partial charge on any atom is 0.336 e. The lowest BCUT2D eigenvalue weighted by molar-refractivity contribution is -0.562. The Morgan fingerprint density at radius 1 is 1.18 bits per heavy atom. The van der Waals surface area contributed by atoms with Crippen molar-refractivity contribution in [2.45, 2.75) is 39.8 Å². The van der Waals surface area contributed by atoms with Crippen LogP contribution in [0.25, 0.3) is 17.2 Å². The van der Waals surface area contributed by atoms with Gasteiger partial charge in [-0.2, -0.15) is 4.98 Å². The SMILES string of the molecule is Cc1cc(OCc2c(F)cccc2F)c2nc(C)c(-c3nc(OCC(C)(C)[N+](=O)[O-])n[nH]3)n2c1. The largest absolute Gasteiger partial charge is 0.485 e. The molecule has 3 heterocycles. The zero-order chi connectivity index (χ0) is 24.6. The first-order valence-electron chi connectivity index (χ1n) is 10.3. The number of hydrogen-bond acceptors (Lipinski definition) is 7. The maximum atomic E-state index is 14.0. The number of nitrogens with zero attached hydrogens (tertiary/aromatic N) is 5. The van der Waals surface area contributed by atoms with Gasteiger partial charge in [-0.15, -0.1) is 5.10 Å². The lowest BCUT2D eigenvalue weighted by Crippen LogP contribution is -2.37. The third-order valence-electron chi connectivity index (χ3n) is 5.17. The molecule has 3 aromatic heterocycles. The fraction of sp³-hybridized carbons (Fsp3) is 0.318. The van der Waals surface area contributed by atoms with E-state index in [0.29, 0.717) is 28.6 Å². The summed E-state index contributed by atoms with van der Waals surface area (Å²) in [6.45, 7) is 5.94. The summed E-state index contributed by atoms with van der Waals surface area (Å²) in [5.74, 6) is -0.729. The van der Waals surface area contributed by atoms with E-state index in [-0.39, 0.29) is 24.8 Å². The Hall–Kier alpha value is -4.09. The Morgan fingerprint density at radius 2 is 1.88 bits per heavy atom. The Morgan fingerprint density at radius 3 is 2.56 bits per heavy atom. The van der Waals surface area contributed by atoms with Gasteiger partial charge in [-0.3, -0.25) is 19.6 Å². The number of fused-ring (bicyclic) bond motifs is 1. The van der Waals surface area contributed by atoms with Crippen LogP contribution in [0.2, 0.25) is 0 Å². The highest BCUT2D eigenvalue weighted by Gasteiger charge is 2.32. The van der Waals surface area contributed by atoms with Crippen LogP contribution < -0.4 is 9.47 Å². The first-order chi connectivity index (χ1) is 16.1. The molecular formula is C22H22F2N6O4. The molecule has 0 aliphatic heterocycles. The number of nitro groups is 1. The molecule has 1 aromatic carbocycles. The van der Waals surface area contributed by atoms with Gasteiger partial charge in [0.15, 0.2) is 23.8 Å². The van der Waals surface area contributed by atoms with E-state index in [1.54, 1.807) is 23.6 Å². The molecule has 12 heteroatoms. The third-order valence-corrected chi connectivity index (χ3v) is 5.17. The minimum Gasteiger partial charge on any atom is -0.485 e. The Balaban J connectivity index is 1.64. The van der Waals surface area contributed by atoms with Gasteiger partial charge >= 0.3 is 6.01 Å². The number of aryl methyl sites for hydroxylation is 2. The Labute approximate surface area is 192 Å². The second-order valence-corrected chi connectivity index (χ2v) is 8.43. The van der Waals surface area contributed by atoms with E-state index in [9.17, 15) is 18.9 Å². The number of rotatable bonds is 8. The number of hydrogen-bond donors (Lipinski definition) is 1. The van der Waals surface area contributed by atoms with E-state index in [1.165, 1.54) is 32.0 Å². The molecule has 0 saturated heterocycles. The number of ether oxygens (including phenoxy) is 2. The van der Waals surface area contributed by atoms with E-state index < -0.39 is 22.1 Å². The van der Waals surface area contributed by atoms with Crippen LogP contribution in [0, 0.1) is 35.6 Å². The van der Waals surface area contributed by atoms with Crippen LogP contribution in [0.4, 0.5) is 8.78 Å². The number of aromatic nitrogens is 5. The first kappa shape index (κ1) is 23.1. The minimum absolute atomic E-state index is 0.0431. The van der Waals surface area contributed by atoms with Gasteiger partial charge in [0.1, 0.15) is 23.9 Å². The molecule has 0 amide bonds. The lowest BCUT2D eigenvalue weighted by atomic mass is 10.1. The summed E-state index contributed by atoms with van der Waals surface area (Å²) in [5.41, 5.74) is 0.890. The molecule has 10 nitrogen and oxygen atoms in total. The van der Waals surface area contributed by atoms with Crippen LogP contribution in [0.5, 0.6) is 11.8 Å². The number of pyridine rings is 1. The molecule has 34 heavy (non-hydrogen) atoms. The smallest absolute Gasteiger partial charge is 0.336 e. The lowest BCUT2D eigenvalue weighted by Gasteiger charge is -2.14. The molecule has 0 bridgehead atoms. The highest BCUT2D eigenvalue weighted by Crippen LogP contribution is 2.30. The summed E-state index contributed by atoms with van der Waals surface area (Å²) in [6, 6.07) is 5.30. The van der Waals surface area contributed by atoms with Crippen LogP contribution in [0.15, 0.2) is 30.5 Å². The van der Waals surface area contributed by atoms with Crippen molar-refractivity contribution in [3.63, 3.8) is 0 Å². The van der Waals surface area contributed by atoms with Gasteiger partial charge < -0.3 is 9.47 Å². The predicted octanol–water partition coefficient (Wildman–Crippen LogP) is 4.03. The van der Waals surface area contributed by atoms with Crippen LogP contribution in [0.1, 0.15) is 30.7 Å². The number of imidazole rings is 1. The molecule has 0 spiro atoms. The molecule has 0 saturated carbocycles. The van der Waals surface area contributed by atoms with Gasteiger partial charge in [0.2, 0.25) is 5.54 Å². The summed E-state index contributed by atoms with van der Waals surface area (Å²) >= 11 is 0. The monoisotopic (exact) mass is 472 g/mol. The normalized spacial score (nSPS) is 11.7. The zero-order valence-electron chi connectivity index (χ0n) is 18.9. The van der Waals surface area contributed by atoms with E-state index in [1.807, 2.05) is 6.92 Å². The van der Waals surface area contributed by atoms with Crippen LogP contribution in [0.3, 0.4) is 0 Å². The quantitative estimate of drug-likeness (QED) is 0.304. The standard InChI is InChI=1S/C22H22F2N6O4/c1-12-8-17(33-10-14-15(23)6-5-7-16(14)24)20-25-13(2)18(29(20)9-12)19-26-21(28-27-19)34-11-22(3,4)30(31)32/h5-9H,10-11H2,1-4H3,(H,26,27,28). The van der Waals surface area contributed by atoms with Crippen molar-refractivity contribution in [1.29, 1.82) is 0 Å². The first-order valence-corrected chi connectivity index (χ1v) is 10.3. The average molecular weight is 472 g/mol. The molecule has 178 valence electrons. The highest BCUT2D eigenvalue weighted by molar-refractivity contribution is 5.66. The molecule has 0 unspecified atom stereocenters. The number of aromatic amines is 1. The van der Waals surface area contributed by atoms with Gasteiger partial charge in [0.25, 0.3) is 0 Å². The third kappa shape index (κ3) is 4.38. The second kappa shape index (κ2) is 8.69. The van der Waals surface area contributed by atoms with Gasteiger partial charge in [-0.25, -0.2) is 13.8 Å². The molecule has 4 rings (SSSR count). The zero-order valence-corrected chi connectivity index (χ0v) is 18.9. The molecule has 0 aliphatic rings. The molecule has 0 aliphatic carbocycles. The second-order valence-electron chi connectivity index (χ2n) is 8.43. The summed E-state index contributed by atoms with van der Waals surface area (Å²) < 4.78 is 40.9. The van der Waals surface area contributed by atoms with Crippen molar-refractivity contribution in [2.24, 2.45) is 0 Å². The van der Waals surface area contributed by atoms with Crippen molar-refractivity contribution in [3.8, 4) is 23.3 Å². The van der Waals surface area contributed by atoms with E-state index in [0.717, 1.165) is 5.56 Å². The Kier molecular flexibility index (Phi) is 5.90. The molecule has 0 atom stereocenters. The van der Waals surface area contributed by atoms with Crippen molar-refractivity contribution >= 4 is 5.65 Å². The van der Waals surface area contributed by atoms with Gasteiger partial charge in [-0.1, -0.05) is 6.07 Å². The van der Waals surface area contributed by atoms with E-state index in [2.05, 4.69) is 20.2 Å². The number of nitrogens with one attached hydrogen (secondary N) is 1. The topological polar surface area (TPSA) is 120 Å². The summed E-state index contributed by atoms with van der Waals surface area (Å²) in [6.07, 6.45) is 1.81. The molecular weight excluding hydrogens is 450 g/mol. The maximum absolute atomic E-state index is 14.0. The van der Waals surface area contributed by atoms with E-state index in [4.69, 9.17) is 9.47 Å². The highest BCUT2D eigenvalue weighted by atomic mass is 19.1. The van der Waals surface area contributed by atoms with Crippen molar-refractivity contribution < 1.29 is 23.2 Å². The van der Waals surface area contributed by atoms with Crippen LogP contribution >= 0.6 is 0 Å². The number of benzene rings is 1. The van der Waals surface area contributed by atoms with Crippen molar-refractivity contribution in [2.75, 3.05) is 6.61 Å². The number of H-pyrrole nitrogens is 1. The minimum atomic E-state index is -1.30. The van der Waals surface area contributed by atoms with Crippen LogP contribution in [-0.4, -0.2) is 41.6 Å². The van der Waals surface area contributed by atoms with Gasteiger partial charge in [0.05, 0.1) is 11.3 Å². The Bertz CT molecular complexity index is 1360.